The van der Waals surface area contributed by atoms with E-state index in [9.17, 15) is 13.2 Å². The molecule has 1 N–H and O–H groups in total. The van der Waals surface area contributed by atoms with E-state index in [1.54, 1.807) is 24.3 Å². The van der Waals surface area contributed by atoms with E-state index in [1.807, 2.05) is 19.1 Å². The minimum atomic E-state index is -3.57. The molecule has 1 heterocycles. The van der Waals surface area contributed by atoms with Gasteiger partial charge in [-0.2, -0.15) is 4.31 Å². The summed E-state index contributed by atoms with van der Waals surface area (Å²) in [5.74, 6) is 0.369. The van der Waals surface area contributed by atoms with Gasteiger partial charge >= 0.3 is 0 Å². The SMILES string of the molecule is CCOc1cccc(NC(=O)C2CCN(S(=O)(=O)c3ccc(Cl)cc3)CC2)c1. The fourth-order valence-electron chi connectivity index (χ4n) is 3.19. The van der Waals surface area contributed by atoms with E-state index < -0.39 is 10.0 Å². The van der Waals surface area contributed by atoms with Crippen molar-refractivity contribution in [3.8, 4) is 5.75 Å². The highest BCUT2D eigenvalue weighted by atomic mass is 35.5. The average molecular weight is 423 g/mol. The van der Waals surface area contributed by atoms with Gasteiger partial charge in [-0.25, -0.2) is 8.42 Å². The van der Waals surface area contributed by atoms with Crippen LogP contribution in [0, 0.1) is 5.92 Å². The van der Waals surface area contributed by atoms with Crippen LogP contribution in [0.3, 0.4) is 0 Å². The summed E-state index contributed by atoms with van der Waals surface area (Å²) in [5, 5.41) is 3.39. The Morgan fingerprint density at radius 2 is 1.86 bits per heavy atom. The van der Waals surface area contributed by atoms with Crippen molar-refractivity contribution in [3.63, 3.8) is 0 Å². The molecule has 1 aliphatic rings. The van der Waals surface area contributed by atoms with Crippen LogP contribution in [0.4, 0.5) is 5.69 Å². The second kappa shape index (κ2) is 8.94. The quantitative estimate of drug-likeness (QED) is 0.768. The second-order valence-corrected chi connectivity index (χ2v) is 8.96. The number of halogens is 1. The normalized spacial score (nSPS) is 15.9. The van der Waals surface area contributed by atoms with Crippen LogP contribution in [0.1, 0.15) is 19.8 Å². The molecule has 6 nitrogen and oxygen atoms in total. The Morgan fingerprint density at radius 1 is 1.18 bits per heavy atom. The van der Waals surface area contributed by atoms with Crippen LogP contribution in [0.5, 0.6) is 5.75 Å². The van der Waals surface area contributed by atoms with E-state index in [0.29, 0.717) is 49.0 Å². The minimum absolute atomic E-state index is 0.0998. The fraction of sp³-hybridized carbons (Fsp3) is 0.350. The largest absolute Gasteiger partial charge is 0.494 e. The minimum Gasteiger partial charge on any atom is -0.494 e. The van der Waals surface area contributed by atoms with E-state index >= 15 is 0 Å². The number of nitrogens with zero attached hydrogens (tertiary/aromatic N) is 1. The molecule has 1 aliphatic heterocycles. The molecule has 0 unspecified atom stereocenters. The average Bonchev–Trinajstić information content (AvgIpc) is 2.69. The molecule has 3 rings (SSSR count). The van der Waals surface area contributed by atoms with Crippen LogP contribution in [0.2, 0.25) is 5.02 Å². The third kappa shape index (κ3) is 4.84. The summed E-state index contributed by atoms with van der Waals surface area (Å²) in [7, 11) is -3.57. The van der Waals surface area contributed by atoms with E-state index in [4.69, 9.17) is 16.3 Å². The molecule has 0 aliphatic carbocycles. The van der Waals surface area contributed by atoms with Crippen LogP contribution >= 0.6 is 11.6 Å². The van der Waals surface area contributed by atoms with Crippen molar-refractivity contribution in [2.24, 2.45) is 5.92 Å². The molecule has 150 valence electrons. The van der Waals surface area contributed by atoms with Crippen molar-refractivity contribution in [1.29, 1.82) is 0 Å². The Kier molecular flexibility index (Phi) is 6.59. The zero-order valence-electron chi connectivity index (χ0n) is 15.6. The molecular formula is C20H23ClN2O4S. The standard InChI is InChI=1S/C20H23ClN2O4S/c1-2-27-18-5-3-4-17(14-18)22-20(24)15-10-12-23(13-11-15)28(25,26)19-8-6-16(21)7-9-19/h3-9,14-15H,2,10-13H2,1H3,(H,22,24). The number of rotatable bonds is 6. The van der Waals surface area contributed by atoms with Gasteiger partial charge in [0.25, 0.3) is 0 Å². The zero-order valence-corrected chi connectivity index (χ0v) is 17.2. The summed E-state index contributed by atoms with van der Waals surface area (Å²) < 4.78 is 32.3. The van der Waals surface area contributed by atoms with Crippen molar-refractivity contribution < 1.29 is 17.9 Å². The molecule has 0 saturated carbocycles. The first-order valence-electron chi connectivity index (χ1n) is 9.19. The Balaban J connectivity index is 1.59. The highest BCUT2D eigenvalue weighted by Gasteiger charge is 2.32. The molecule has 0 bridgehead atoms. The lowest BCUT2D eigenvalue weighted by Crippen LogP contribution is -2.41. The molecule has 0 atom stereocenters. The number of benzene rings is 2. The lowest BCUT2D eigenvalue weighted by molar-refractivity contribution is -0.120. The van der Waals surface area contributed by atoms with Gasteiger partial charge in [-0.05, 0) is 56.2 Å². The van der Waals surface area contributed by atoms with Gasteiger partial charge in [-0.15, -0.1) is 0 Å². The Hall–Kier alpha value is -2.09. The Bertz CT molecular complexity index is 923. The van der Waals surface area contributed by atoms with Gasteiger partial charge in [-0.1, -0.05) is 17.7 Å². The number of amides is 1. The molecule has 8 heteroatoms. The van der Waals surface area contributed by atoms with Gasteiger partial charge in [0.15, 0.2) is 0 Å². The van der Waals surface area contributed by atoms with Crippen LogP contribution in [0.15, 0.2) is 53.4 Å². The van der Waals surface area contributed by atoms with Crippen LogP contribution in [0.25, 0.3) is 0 Å². The van der Waals surface area contributed by atoms with E-state index in [0.717, 1.165) is 0 Å². The van der Waals surface area contributed by atoms with Gasteiger partial charge in [0.2, 0.25) is 15.9 Å². The molecule has 2 aromatic carbocycles. The van der Waals surface area contributed by atoms with Crippen molar-refractivity contribution >= 4 is 33.2 Å². The number of carbonyl (C=O) groups is 1. The van der Waals surface area contributed by atoms with E-state index in [1.165, 1.54) is 16.4 Å². The van der Waals surface area contributed by atoms with Crippen molar-refractivity contribution in [2.45, 2.75) is 24.7 Å². The third-order valence-electron chi connectivity index (χ3n) is 4.69. The summed E-state index contributed by atoms with van der Waals surface area (Å²) >= 11 is 5.83. The number of sulfonamides is 1. The van der Waals surface area contributed by atoms with Crippen LogP contribution in [-0.4, -0.2) is 38.3 Å². The summed E-state index contributed by atoms with van der Waals surface area (Å²) in [6.07, 6.45) is 0.952. The molecular weight excluding hydrogens is 400 g/mol. The fourth-order valence-corrected chi connectivity index (χ4v) is 4.78. The van der Waals surface area contributed by atoms with Crippen LogP contribution < -0.4 is 10.1 Å². The number of piperidine rings is 1. The number of ether oxygens (including phenoxy) is 1. The molecule has 28 heavy (non-hydrogen) atoms. The van der Waals surface area contributed by atoms with E-state index in [-0.39, 0.29) is 16.7 Å². The first kappa shape index (κ1) is 20.6. The number of anilines is 1. The van der Waals surface area contributed by atoms with Gasteiger partial charge in [0.1, 0.15) is 5.75 Å². The number of hydrogen-bond donors (Lipinski definition) is 1. The lowest BCUT2D eigenvalue weighted by atomic mass is 9.97. The zero-order chi connectivity index (χ0) is 20.1. The monoisotopic (exact) mass is 422 g/mol. The predicted octanol–water partition coefficient (Wildman–Crippen LogP) is 3.78. The van der Waals surface area contributed by atoms with E-state index in [2.05, 4.69) is 5.32 Å². The molecule has 2 aromatic rings. The first-order chi connectivity index (χ1) is 13.4. The topological polar surface area (TPSA) is 75.7 Å². The molecule has 0 spiro atoms. The highest BCUT2D eigenvalue weighted by Crippen LogP contribution is 2.26. The number of nitrogens with one attached hydrogen (secondary N) is 1. The van der Waals surface area contributed by atoms with Crippen LogP contribution in [-0.2, 0) is 14.8 Å². The van der Waals surface area contributed by atoms with Gasteiger partial charge in [-0.3, -0.25) is 4.79 Å². The lowest BCUT2D eigenvalue weighted by Gasteiger charge is -2.30. The molecule has 1 fully saturated rings. The number of hydrogen-bond acceptors (Lipinski definition) is 4. The summed E-state index contributed by atoms with van der Waals surface area (Å²) in [5.41, 5.74) is 0.673. The molecule has 1 amide bonds. The van der Waals surface area contributed by atoms with Gasteiger partial charge in [0.05, 0.1) is 11.5 Å². The smallest absolute Gasteiger partial charge is 0.243 e. The third-order valence-corrected chi connectivity index (χ3v) is 6.85. The number of carbonyl (C=O) groups excluding carboxylic acids is 1. The maximum absolute atomic E-state index is 12.7. The highest BCUT2D eigenvalue weighted by molar-refractivity contribution is 7.89. The van der Waals surface area contributed by atoms with Gasteiger partial charge < -0.3 is 10.1 Å². The summed E-state index contributed by atoms with van der Waals surface area (Å²) in [4.78, 5) is 12.8. The second-order valence-electron chi connectivity index (χ2n) is 6.58. The first-order valence-corrected chi connectivity index (χ1v) is 11.0. The van der Waals surface area contributed by atoms with Gasteiger partial charge in [0, 0.05) is 35.8 Å². The van der Waals surface area contributed by atoms with Crippen molar-refractivity contribution in [3.05, 3.63) is 53.6 Å². The van der Waals surface area contributed by atoms with Crippen molar-refractivity contribution in [2.75, 3.05) is 25.0 Å². The Labute approximate surface area is 170 Å². The summed E-state index contributed by atoms with van der Waals surface area (Å²) in [6.45, 7) is 3.07. The molecule has 0 aromatic heterocycles. The molecule has 1 saturated heterocycles. The molecule has 0 radical (unpaired) electrons. The summed E-state index contributed by atoms with van der Waals surface area (Å²) in [6, 6.07) is 13.4. The maximum Gasteiger partial charge on any atom is 0.243 e. The Morgan fingerprint density at radius 3 is 2.50 bits per heavy atom. The van der Waals surface area contributed by atoms with Crippen molar-refractivity contribution in [1.82, 2.24) is 4.31 Å². The maximum atomic E-state index is 12.7. The predicted molar refractivity (Wildman–Crippen MR) is 109 cm³/mol.